The molecule has 0 radical (unpaired) electrons. The Morgan fingerprint density at radius 2 is 1.73 bits per heavy atom. The number of thiol groups is 1. The van der Waals surface area contributed by atoms with E-state index in [2.05, 4.69) is 12.6 Å². The first-order valence-electron chi connectivity index (χ1n) is 5.63. The first-order valence-corrected chi connectivity index (χ1v) is 6.26. The third kappa shape index (κ3) is 9.67. The van der Waals surface area contributed by atoms with Gasteiger partial charge in [-0.05, 0) is 24.6 Å². The largest absolute Gasteiger partial charge is 0.493 e. The minimum Gasteiger partial charge on any atom is -0.493 e. The maximum absolute atomic E-state index is 5.36. The molecule has 0 aliphatic heterocycles. The number of rotatable bonds is 3. The van der Waals surface area contributed by atoms with Gasteiger partial charge < -0.3 is 4.74 Å². The maximum Gasteiger partial charge on any atom is 0.119 e. The molecule has 0 aromatic heterocycles. The molecule has 0 unspecified atom stereocenters. The summed E-state index contributed by atoms with van der Waals surface area (Å²) in [6.45, 7) is 10.7. The van der Waals surface area contributed by atoms with Crippen LogP contribution in [-0.2, 0) is 0 Å². The van der Waals surface area contributed by atoms with Gasteiger partial charge in [0.25, 0.3) is 0 Å². The van der Waals surface area contributed by atoms with Crippen molar-refractivity contribution in [2.24, 2.45) is 0 Å². The van der Waals surface area contributed by atoms with Crippen molar-refractivity contribution in [1.29, 1.82) is 0 Å². The van der Waals surface area contributed by atoms with E-state index < -0.39 is 0 Å². The van der Waals surface area contributed by atoms with E-state index in [1.165, 1.54) is 5.56 Å². The highest BCUT2D eigenvalue weighted by Gasteiger charge is 1.90. The summed E-state index contributed by atoms with van der Waals surface area (Å²) in [6.07, 6.45) is 0. The lowest BCUT2D eigenvalue weighted by atomic mass is 10.2. The number of hydrogen-bond donors (Lipinski definition) is 1. The maximum atomic E-state index is 5.36. The van der Waals surface area contributed by atoms with E-state index in [0.29, 0.717) is 6.61 Å². The monoisotopic (exact) mass is 228 g/mol. The molecule has 0 aliphatic rings. The fourth-order valence-electron chi connectivity index (χ4n) is 0.869. The molecular weight excluding hydrogens is 204 g/mol. The first kappa shape index (κ1) is 16.8. The van der Waals surface area contributed by atoms with Gasteiger partial charge in [0, 0.05) is 5.75 Å². The third-order valence-corrected chi connectivity index (χ3v) is 1.53. The van der Waals surface area contributed by atoms with Gasteiger partial charge in [0.05, 0.1) is 6.61 Å². The van der Waals surface area contributed by atoms with Crippen LogP contribution in [0.15, 0.2) is 24.3 Å². The SMILES string of the molecule is CC.CC.Cc1cccc(OCCS)c1. The van der Waals surface area contributed by atoms with Crippen LogP contribution < -0.4 is 4.74 Å². The minimum absolute atomic E-state index is 0.673. The predicted octanol–water partition coefficient (Wildman–Crippen LogP) is 4.36. The van der Waals surface area contributed by atoms with E-state index in [1.807, 2.05) is 58.9 Å². The van der Waals surface area contributed by atoms with Crippen LogP contribution in [0.3, 0.4) is 0 Å². The van der Waals surface area contributed by atoms with Crippen molar-refractivity contribution in [3.05, 3.63) is 29.8 Å². The number of aryl methyl sites for hydroxylation is 1. The predicted molar refractivity (Wildman–Crippen MR) is 73.2 cm³/mol. The zero-order chi connectivity index (χ0) is 12.1. The van der Waals surface area contributed by atoms with Crippen LogP contribution in [0, 0.1) is 6.92 Å². The second kappa shape index (κ2) is 13.4. The van der Waals surface area contributed by atoms with Crippen LogP contribution in [0.25, 0.3) is 0 Å². The van der Waals surface area contributed by atoms with E-state index in [0.717, 1.165) is 11.5 Å². The molecule has 0 saturated heterocycles. The van der Waals surface area contributed by atoms with Crippen molar-refractivity contribution < 1.29 is 4.74 Å². The van der Waals surface area contributed by atoms with E-state index in [1.54, 1.807) is 0 Å². The minimum atomic E-state index is 0.673. The molecule has 15 heavy (non-hydrogen) atoms. The van der Waals surface area contributed by atoms with Crippen LogP contribution in [0.1, 0.15) is 33.3 Å². The van der Waals surface area contributed by atoms with Crippen molar-refractivity contribution in [1.82, 2.24) is 0 Å². The molecule has 0 aliphatic carbocycles. The summed E-state index contributed by atoms with van der Waals surface area (Å²) >= 11 is 4.05. The molecule has 0 saturated carbocycles. The Labute approximate surface area is 100 Å². The van der Waals surface area contributed by atoms with Crippen LogP contribution in [0.4, 0.5) is 0 Å². The van der Waals surface area contributed by atoms with Gasteiger partial charge in [0.15, 0.2) is 0 Å². The van der Waals surface area contributed by atoms with Crippen molar-refractivity contribution in [3.63, 3.8) is 0 Å². The molecule has 0 N–H and O–H groups in total. The Morgan fingerprint density at radius 3 is 2.20 bits per heavy atom. The average molecular weight is 228 g/mol. The molecule has 0 amide bonds. The van der Waals surface area contributed by atoms with E-state index in [4.69, 9.17) is 4.74 Å². The Balaban J connectivity index is 0. The summed E-state index contributed by atoms with van der Waals surface area (Å²) in [4.78, 5) is 0. The first-order chi connectivity index (χ1) is 7.33. The van der Waals surface area contributed by atoms with Gasteiger partial charge in [0.2, 0.25) is 0 Å². The highest BCUT2D eigenvalue weighted by atomic mass is 32.1. The van der Waals surface area contributed by atoms with Gasteiger partial charge in [-0.2, -0.15) is 12.6 Å². The lowest BCUT2D eigenvalue weighted by molar-refractivity contribution is 0.344. The van der Waals surface area contributed by atoms with Crippen LogP contribution in [0.2, 0.25) is 0 Å². The summed E-state index contributed by atoms with van der Waals surface area (Å²) < 4.78 is 5.36. The van der Waals surface area contributed by atoms with Crippen molar-refractivity contribution in [2.45, 2.75) is 34.6 Å². The van der Waals surface area contributed by atoms with Crippen LogP contribution in [-0.4, -0.2) is 12.4 Å². The normalized spacial score (nSPS) is 7.87. The molecule has 88 valence electrons. The Hall–Kier alpha value is -0.630. The molecule has 0 spiro atoms. The number of hydrogen-bond acceptors (Lipinski definition) is 2. The van der Waals surface area contributed by atoms with Gasteiger partial charge >= 0.3 is 0 Å². The fraction of sp³-hybridized carbons (Fsp3) is 0.538. The average Bonchev–Trinajstić information content (AvgIpc) is 2.32. The number of ether oxygens (including phenoxy) is 1. The zero-order valence-electron chi connectivity index (χ0n) is 10.6. The molecule has 1 rings (SSSR count). The molecule has 0 bridgehead atoms. The summed E-state index contributed by atoms with van der Waals surface area (Å²) in [7, 11) is 0. The van der Waals surface area contributed by atoms with Crippen LogP contribution >= 0.6 is 12.6 Å². The van der Waals surface area contributed by atoms with Crippen molar-refractivity contribution in [3.8, 4) is 5.75 Å². The van der Waals surface area contributed by atoms with Gasteiger partial charge in [-0.3, -0.25) is 0 Å². The lowest BCUT2D eigenvalue weighted by Crippen LogP contribution is -1.97. The third-order valence-electron chi connectivity index (χ3n) is 1.35. The van der Waals surface area contributed by atoms with Gasteiger partial charge in [-0.25, -0.2) is 0 Å². The summed E-state index contributed by atoms with van der Waals surface area (Å²) in [5, 5.41) is 0. The molecular formula is C13H24OS. The standard InChI is InChI=1S/C9H12OS.2C2H6/c1-8-3-2-4-9(7-8)10-5-6-11;2*1-2/h2-4,7,11H,5-6H2,1H3;2*1-2H3. The van der Waals surface area contributed by atoms with E-state index in [-0.39, 0.29) is 0 Å². The van der Waals surface area contributed by atoms with Crippen LogP contribution in [0.5, 0.6) is 5.75 Å². The molecule has 1 nitrogen and oxygen atoms in total. The highest BCUT2D eigenvalue weighted by molar-refractivity contribution is 7.80. The second-order valence-electron chi connectivity index (χ2n) is 2.39. The summed E-state index contributed by atoms with van der Waals surface area (Å²) in [5.74, 6) is 1.69. The molecule has 1 aromatic carbocycles. The highest BCUT2D eigenvalue weighted by Crippen LogP contribution is 2.11. The molecule has 0 atom stereocenters. The Kier molecular flexibility index (Phi) is 15.0. The van der Waals surface area contributed by atoms with E-state index >= 15 is 0 Å². The molecule has 0 fully saturated rings. The smallest absolute Gasteiger partial charge is 0.119 e. The molecule has 1 aromatic rings. The quantitative estimate of drug-likeness (QED) is 0.756. The molecule has 0 heterocycles. The van der Waals surface area contributed by atoms with Gasteiger partial charge in [-0.1, -0.05) is 39.8 Å². The summed E-state index contributed by atoms with van der Waals surface area (Å²) in [6, 6.07) is 8.01. The Morgan fingerprint density at radius 1 is 1.13 bits per heavy atom. The zero-order valence-corrected chi connectivity index (χ0v) is 11.5. The lowest BCUT2D eigenvalue weighted by Gasteiger charge is -2.03. The molecule has 2 heteroatoms. The topological polar surface area (TPSA) is 9.23 Å². The number of benzene rings is 1. The van der Waals surface area contributed by atoms with Crippen molar-refractivity contribution in [2.75, 3.05) is 12.4 Å². The second-order valence-corrected chi connectivity index (χ2v) is 2.84. The van der Waals surface area contributed by atoms with Crippen molar-refractivity contribution >= 4 is 12.6 Å². The van der Waals surface area contributed by atoms with Gasteiger partial charge in [-0.15, -0.1) is 0 Å². The van der Waals surface area contributed by atoms with Gasteiger partial charge in [0.1, 0.15) is 5.75 Å². The van der Waals surface area contributed by atoms with E-state index in [9.17, 15) is 0 Å². The fourth-order valence-corrected chi connectivity index (χ4v) is 0.960. The summed E-state index contributed by atoms with van der Waals surface area (Å²) in [5.41, 5.74) is 1.22. The Bertz CT molecular complexity index is 224.